The number of hydrogen-bond acceptors (Lipinski definition) is 2. The molecule has 2 aromatic carbocycles. The van der Waals surface area contributed by atoms with Crippen molar-refractivity contribution in [3.05, 3.63) is 75.9 Å². The van der Waals surface area contributed by atoms with Gasteiger partial charge in [0.15, 0.2) is 0 Å². The Balaban J connectivity index is 1.75. The van der Waals surface area contributed by atoms with E-state index in [4.69, 9.17) is 0 Å². The van der Waals surface area contributed by atoms with Crippen LogP contribution in [0.1, 0.15) is 61.3 Å². The Labute approximate surface area is 167 Å². The van der Waals surface area contributed by atoms with Gasteiger partial charge in [0.2, 0.25) is 0 Å². The molecule has 0 saturated heterocycles. The molecule has 5 rings (SSSR count). The van der Waals surface area contributed by atoms with E-state index in [9.17, 15) is 10.2 Å². The minimum atomic E-state index is -0.192. The number of phenols is 1. The van der Waals surface area contributed by atoms with Crippen molar-refractivity contribution in [2.45, 2.75) is 70.3 Å². The predicted molar refractivity (Wildman–Crippen MR) is 113 cm³/mol. The third-order valence-electron chi connectivity index (χ3n) is 7.96. The second-order valence-electron chi connectivity index (χ2n) is 9.56. The zero-order valence-corrected chi connectivity index (χ0v) is 17.0. The minimum absolute atomic E-state index is 0.00625. The molecule has 2 aromatic rings. The van der Waals surface area contributed by atoms with Gasteiger partial charge in [0.05, 0.1) is 6.10 Å². The molecule has 146 valence electrons. The number of phenolic OH excluding ortho intramolecular Hbond substituents is 1. The number of aliphatic hydroxyl groups is 1. The summed E-state index contributed by atoms with van der Waals surface area (Å²) in [5.41, 5.74) is 8.50. The fraction of sp³-hybridized carbons (Fsp3) is 0.462. The average Bonchev–Trinajstić information content (AvgIpc) is 2.99. The summed E-state index contributed by atoms with van der Waals surface area (Å²) in [7, 11) is 0. The van der Waals surface area contributed by atoms with Crippen LogP contribution in [0.25, 0.3) is 0 Å². The van der Waals surface area contributed by atoms with E-state index >= 15 is 0 Å². The normalized spacial score (nSPS) is 31.3. The molecule has 1 fully saturated rings. The van der Waals surface area contributed by atoms with E-state index in [0.717, 1.165) is 50.5 Å². The van der Waals surface area contributed by atoms with E-state index in [1.165, 1.54) is 16.7 Å². The lowest BCUT2D eigenvalue weighted by Crippen LogP contribution is -2.42. The van der Waals surface area contributed by atoms with Gasteiger partial charge in [-0.15, -0.1) is 0 Å². The number of allylic oxidation sites excluding steroid dienone is 1. The Morgan fingerprint density at radius 1 is 1.00 bits per heavy atom. The molecule has 3 aliphatic carbocycles. The molecule has 0 spiro atoms. The van der Waals surface area contributed by atoms with Crippen molar-refractivity contribution in [3.63, 3.8) is 0 Å². The topological polar surface area (TPSA) is 40.5 Å². The van der Waals surface area contributed by atoms with Crippen LogP contribution in [0.3, 0.4) is 0 Å². The summed E-state index contributed by atoms with van der Waals surface area (Å²) in [5.74, 6) is 0.418. The van der Waals surface area contributed by atoms with Crippen LogP contribution >= 0.6 is 0 Å². The summed E-state index contributed by atoms with van der Waals surface area (Å²) in [6.45, 7) is 4.43. The van der Waals surface area contributed by atoms with E-state index in [1.807, 2.05) is 6.07 Å². The Bertz CT molecular complexity index is 958. The second kappa shape index (κ2) is 6.22. The van der Waals surface area contributed by atoms with Crippen molar-refractivity contribution in [2.75, 3.05) is 0 Å². The molecular formula is C26H30O2. The maximum absolute atomic E-state index is 10.5. The summed E-state index contributed by atoms with van der Waals surface area (Å²) in [6, 6.07) is 14.9. The van der Waals surface area contributed by atoms with Crippen molar-refractivity contribution >= 4 is 0 Å². The first-order valence-corrected chi connectivity index (χ1v) is 10.7. The Hall–Kier alpha value is -2.06. The zero-order valence-electron chi connectivity index (χ0n) is 17.0. The molecule has 0 unspecified atom stereocenters. The smallest absolute Gasteiger partial charge is 0.118 e. The largest absolute Gasteiger partial charge is 0.508 e. The number of hydrogen-bond donors (Lipinski definition) is 2. The second-order valence-corrected chi connectivity index (χ2v) is 9.56. The van der Waals surface area contributed by atoms with E-state index in [-0.39, 0.29) is 16.9 Å². The van der Waals surface area contributed by atoms with Gasteiger partial charge in [-0.2, -0.15) is 0 Å². The van der Waals surface area contributed by atoms with Gasteiger partial charge in [-0.1, -0.05) is 54.5 Å². The molecule has 2 heteroatoms. The lowest BCUT2D eigenvalue weighted by Gasteiger charge is -2.50. The Kier molecular flexibility index (Phi) is 4.00. The van der Waals surface area contributed by atoms with Gasteiger partial charge in [-0.25, -0.2) is 0 Å². The molecule has 3 atom stereocenters. The highest BCUT2D eigenvalue weighted by atomic mass is 16.3. The molecule has 1 saturated carbocycles. The summed E-state index contributed by atoms with van der Waals surface area (Å²) in [4.78, 5) is 0. The third-order valence-corrected chi connectivity index (χ3v) is 7.96. The lowest BCUT2D eigenvalue weighted by atomic mass is 9.53. The van der Waals surface area contributed by atoms with E-state index in [2.05, 4.69) is 50.2 Å². The maximum atomic E-state index is 10.5. The summed E-state index contributed by atoms with van der Waals surface area (Å²) in [6.07, 6.45) is 6.89. The fourth-order valence-electron chi connectivity index (χ4n) is 6.55. The molecule has 0 amide bonds. The highest BCUT2D eigenvalue weighted by Gasteiger charge is 2.52. The van der Waals surface area contributed by atoms with Crippen LogP contribution in [0.2, 0.25) is 0 Å². The Morgan fingerprint density at radius 2 is 1.79 bits per heavy atom. The van der Waals surface area contributed by atoms with Gasteiger partial charge in [-0.3, -0.25) is 0 Å². The third kappa shape index (κ3) is 2.50. The molecule has 0 aromatic heterocycles. The van der Waals surface area contributed by atoms with Crippen molar-refractivity contribution < 1.29 is 10.2 Å². The molecule has 0 heterocycles. The maximum Gasteiger partial charge on any atom is 0.118 e. The van der Waals surface area contributed by atoms with Gasteiger partial charge in [0, 0.05) is 5.41 Å². The highest BCUT2D eigenvalue weighted by Crippen LogP contribution is 2.61. The first-order valence-electron chi connectivity index (χ1n) is 10.7. The predicted octanol–water partition coefficient (Wildman–Crippen LogP) is 5.38. The van der Waals surface area contributed by atoms with Crippen molar-refractivity contribution in [2.24, 2.45) is 5.41 Å². The fourth-order valence-corrected chi connectivity index (χ4v) is 6.55. The van der Waals surface area contributed by atoms with Crippen LogP contribution < -0.4 is 0 Å². The molecule has 2 nitrogen and oxygen atoms in total. The molecule has 0 radical (unpaired) electrons. The van der Waals surface area contributed by atoms with Crippen LogP contribution in [-0.4, -0.2) is 16.3 Å². The van der Waals surface area contributed by atoms with Gasteiger partial charge < -0.3 is 10.2 Å². The number of benzene rings is 2. The summed E-state index contributed by atoms with van der Waals surface area (Å²) < 4.78 is 0. The standard InChI is InChI=1S/C26H30O2/c1-17-20-8-9-22-23-14-19(27)16-25(23,2)12-13-26(22,21(20)10-11-24(17)28)15-18-6-4-3-5-7-18/h3-7,10-11,19,27-28H,8-9,12-16H2,1-2H3/t19-,25-,26+/m1/s1. The van der Waals surface area contributed by atoms with Crippen molar-refractivity contribution in [1.82, 2.24) is 0 Å². The number of fused-ring (bicyclic) bond motifs is 4. The Morgan fingerprint density at radius 3 is 2.57 bits per heavy atom. The lowest BCUT2D eigenvalue weighted by molar-refractivity contribution is 0.156. The van der Waals surface area contributed by atoms with Crippen molar-refractivity contribution in [3.8, 4) is 5.75 Å². The molecule has 0 bridgehead atoms. The molecule has 3 aliphatic rings. The first-order chi connectivity index (χ1) is 13.4. The van der Waals surface area contributed by atoms with Gasteiger partial charge in [0.1, 0.15) is 5.75 Å². The molecule has 2 N–H and O–H groups in total. The minimum Gasteiger partial charge on any atom is -0.508 e. The summed E-state index contributed by atoms with van der Waals surface area (Å²) >= 11 is 0. The van der Waals surface area contributed by atoms with Gasteiger partial charge in [0.25, 0.3) is 0 Å². The van der Waals surface area contributed by atoms with Crippen molar-refractivity contribution in [1.29, 1.82) is 0 Å². The first kappa shape index (κ1) is 18.0. The van der Waals surface area contributed by atoms with Crippen LogP contribution in [0, 0.1) is 12.3 Å². The van der Waals surface area contributed by atoms with Gasteiger partial charge >= 0.3 is 0 Å². The van der Waals surface area contributed by atoms with E-state index in [1.54, 1.807) is 11.1 Å². The van der Waals surface area contributed by atoms with Gasteiger partial charge in [-0.05, 0) is 85.6 Å². The molecule has 28 heavy (non-hydrogen) atoms. The number of rotatable bonds is 2. The van der Waals surface area contributed by atoms with Crippen LogP contribution in [0.4, 0.5) is 0 Å². The number of aromatic hydroxyl groups is 1. The van der Waals surface area contributed by atoms with Crippen LogP contribution in [0.15, 0.2) is 53.6 Å². The summed E-state index contributed by atoms with van der Waals surface area (Å²) in [5, 5.41) is 20.8. The average molecular weight is 375 g/mol. The van der Waals surface area contributed by atoms with E-state index < -0.39 is 0 Å². The zero-order chi connectivity index (χ0) is 19.5. The van der Waals surface area contributed by atoms with Crippen LogP contribution in [-0.2, 0) is 18.3 Å². The molecule has 0 aliphatic heterocycles. The highest BCUT2D eigenvalue weighted by molar-refractivity contribution is 5.56. The number of aliphatic hydroxyl groups excluding tert-OH is 1. The monoisotopic (exact) mass is 374 g/mol. The SMILES string of the molecule is Cc1c(O)ccc2c1CCC1=C3C[C@@H](O)C[C@@]3(C)CC[C@@]12Cc1ccccc1. The molecular weight excluding hydrogens is 344 g/mol. The quantitative estimate of drug-likeness (QED) is 0.693. The van der Waals surface area contributed by atoms with E-state index in [0.29, 0.717) is 5.75 Å². The van der Waals surface area contributed by atoms with Crippen LogP contribution in [0.5, 0.6) is 5.75 Å².